The fraction of sp³-hybridized carbons (Fsp3) is 0.800. The van der Waals surface area contributed by atoms with E-state index in [4.69, 9.17) is 5.11 Å². The van der Waals surface area contributed by atoms with Crippen LogP contribution in [-0.4, -0.2) is 39.5 Å². The van der Waals surface area contributed by atoms with Gasteiger partial charge in [0, 0.05) is 30.9 Å². The van der Waals surface area contributed by atoms with Gasteiger partial charge in [0.1, 0.15) is 0 Å². The molecule has 2 atom stereocenters. The molecule has 1 saturated carbocycles. The molecule has 1 aliphatic carbocycles. The van der Waals surface area contributed by atoms with E-state index in [9.17, 15) is 0 Å². The highest BCUT2D eigenvalue weighted by Gasteiger charge is 2.61. The van der Waals surface area contributed by atoms with Crippen LogP contribution in [0.3, 0.4) is 0 Å². The van der Waals surface area contributed by atoms with Gasteiger partial charge < -0.3 is 5.11 Å². The molecule has 2 heterocycles. The van der Waals surface area contributed by atoms with Crippen molar-refractivity contribution in [1.29, 1.82) is 0 Å². The highest BCUT2D eigenvalue weighted by Crippen LogP contribution is 2.62. The van der Waals surface area contributed by atoms with E-state index in [0.717, 1.165) is 24.1 Å². The molecule has 19 heavy (non-hydrogen) atoms. The summed E-state index contributed by atoms with van der Waals surface area (Å²) in [6.45, 7) is 13.2. The molecule has 4 nitrogen and oxygen atoms in total. The van der Waals surface area contributed by atoms with Gasteiger partial charge in [-0.2, -0.15) is 5.10 Å². The van der Waals surface area contributed by atoms with Crippen LogP contribution in [0.5, 0.6) is 0 Å². The first-order chi connectivity index (χ1) is 8.95. The van der Waals surface area contributed by atoms with Gasteiger partial charge in [-0.25, -0.2) is 0 Å². The number of aromatic nitrogens is 2. The Bertz CT molecular complexity index is 478. The number of hydrogen-bond acceptors (Lipinski definition) is 3. The van der Waals surface area contributed by atoms with E-state index in [-0.39, 0.29) is 6.61 Å². The normalized spacial score (nSPS) is 28.7. The lowest BCUT2D eigenvalue weighted by molar-refractivity contribution is 0.250. The minimum absolute atomic E-state index is 0.156. The maximum atomic E-state index is 9.06. The average molecular weight is 263 g/mol. The largest absolute Gasteiger partial charge is 0.394 e. The van der Waals surface area contributed by atoms with E-state index in [1.165, 1.54) is 24.3 Å². The van der Waals surface area contributed by atoms with Crippen LogP contribution in [-0.2, 0) is 13.1 Å². The molecule has 3 rings (SSSR count). The molecule has 0 aromatic carbocycles. The van der Waals surface area contributed by atoms with Gasteiger partial charge in [0.2, 0.25) is 0 Å². The van der Waals surface area contributed by atoms with Gasteiger partial charge >= 0.3 is 0 Å². The molecule has 0 radical (unpaired) electrons. The first-order valence-electron chi connectivity index (χ1n) is 7.31. The lowest BCUT2D eigenvalue weighted by Gasteiger charge is -2.21. The SMILES string of the molecule is Cc1nn(CCO)c(C)c1CN1CC2C(C1)C2(C)C. The molecule has 0 bridgehead atoms. The first kappa shape index (κ1) is 13.1. The second kappa shape index (κ2) is 4.32. The molecule has 4 heteroatoms. The summed E-state index contributed by atoms with van der Waals surface area (Å²) in [6.07, 6.45) is 0. The summed E-state index contributed by atoms with van der Waals surface area (Å²) in [5.41, 5.74) is 4.27. The van der Waals surface area contributed by atoms with Crippen LogP contribution >= 0.6 is 0 Å². The molecule has 0 spiro atoms. The van der Waals surface area contributed by atoms with Crippen molar-refractivity contribution in [3.8, 4) is 0 Å². The van der Waals surface area contributed by atoms with E-state index >= 15 is 0 Å². The Labute approximate surface area is 115 Å². The number of rotatable bonds is 4. The van der Waals surface area contributed by atoms with E-state index in [1.807, 2.05) is 4.68 Å². The molecular weight excluding hydrogens is 238 g/mol. The molecule has 0 amide bonds. The Kier molecular flexibility index (Phi) is 2.98. The number of fused-ring (bicyclic) bond motifs is 1. The molecule has 1 saturated heterocycles. The van der Waals surface area contributed by atoms with Gasteiger partial charge in [-0.05, 0) is 31.1 Å². The number of aryl methyl sites for hydroxylation is 1. The van der Waals surface area contributed by atoms with E-state index in [0.29, 0.717) is 12.0 Å². The van der Waals surface area contributed by atoms with E-state index in [2.05, 4.69) is 37.7 Å². The summed E-state index contributed by atoms with van der Waals surface area (Å²) < 4.78 is 1.94. The highest BCUT2D eigenvalue weighted by molar-refractivity contribution is 5.25. The molecule has 2 aliphatic rings. The lowest BCUT2D eigenvalue weighted by Crippen LogP contribution is -2.26. The quantitative estimate of drug-likeness (QED) is 0.896. The van der Waals surface area contributed by atoms with Crippen LogP contribution in [0.25, 0.3) is 0 Å². The second-order valence-electron chi connectivity index (χ2n) is 6.82. The lowest BCUT2D eigenvalue weighted by atomic mass is 10.1. The number of nitrogens with zero attached hydrogens (tertiary/aromatic N) is 3. The second-order valence-corrected chi connectivity index (χ2v) is 6.82. The third kappa shape index (κ3) is 2.01. The van der Waals surface area contributed by atoms with Gasteiger partial charge in [0.25, 0.3) is 0 Å². The van der Waals surface area contributed by atoms with Crippen molar-refractivity contribution in [1.82, 2.24) is 14.7 Å². The number of hydrogen-bond donors (Lipinski definition) is 1. The highest BCUT2D eigenvalue weighted by atomic mass is 16.3. The fourth-order valence-electron chi connectivity index (χ4n) is 3.84. The topological polar surface area (TPSA) is 41.3 Å². The monoisotopic (exact) mass is 263 g/mol. The van der Waals surface area contributed by atoms with Crippen molar-refractivity contribution < 1.29 is 5.11 Å². The molecule has 2 fully saturated rings. The summed E-state index contributed by atoms with van der Waals surface area (Å²) in [4.78, 5) is 2.57. The molecule has 2 unspecified atom stereocenters. The van der Waals surface area contributed by atoms with Crippen LogP contribution in [0, 0.1) is 31.1 Å². The predicted octanol–water partition coefficient (Wildman–Crippen LogP) is 1.58. The summed E-state index contributed by atoms with van der Waals surface area (Å²) >= 11 is 0. The van der Waals surface area contributed by atoms with Gasteiger partial charge in [0.05, 0.1) is 18.8 Å². The Morgan fingerprint density at radius 3 is 2.47 bits per heavy atom. The van der Waals surface area contributed by atoms with Crippen LogP contribution in [0.2, 0.25) is 0 Å². The zero-order valence-electron chi connectivity index (χ0n) is 12.5. The molecule has 1 aliphatic heterocycles. The smallest absolute Gasteiger partial charge is 0.0644 e. The third-order valence-corrected chi connectivity index (χ3v) is 5.42. The summed E-state index contributed by atoms with van der Waals surface area (Å²) in [7, 11) is 0. The minimum Gasteiger partial charge on any atom is -0.394 e. The van der Waals surface area contributed by atoms with Gasteiger partial charge in [-0.1, -0.05) is 13.8 Å². The number of piperidine rings is 1. The van der Waals surface area contributed by atoms with Crippen LogP contribution in [0.1, 0.15) is 30.8 Å². The van der Waals surface area contributed by atoms with Crippen molar-refractivity contribution in [2.75, 3.05) is 19.7 Å². The van der Waals surface area contributed by atoms with Crippen molar-refractivity contribution in [3.05, 3.63) is 17.0 Å². The number of likely N-dealkylation sites (tertiary alicyclic amines) is 1. The Balaban J connectivity index is 1.68. The third-order valence-electron chi connectivity index (χ3n) is 5.42. The van der Waals surface area contributed by atoms with E-state index < -0.39 is 0 Å². The zero-order chi connectivity index (χ0) is 13.8. The van der Waals surface area contributed by atoms with Gasteiger partial charge in [-0.15, -0.1) is 0 Å². The van der Waals surface area contributed by atoms with E-state index in [1.54, 1.807) is 0 Å². The maximum Gasteiger partial charge on any atom is 0.0644 e. The van der Waals surface area contributed by atoms with Crippen molar-refractivity contribution in [2.24, 2.45) is 17.3 Å². The van der Waals surface area contributed by atoms with Crippen LogP contribution in [0.4, 0.5) is 0 Å². The van der Waals surface area contributed by atoms with Crippen LogP contribution in [0.15, 0.2) is 0 Å². The van der Waals surface area contributed by atoms with Gasteiger partial charge in [0.15, 0.2) is 0 Å². The molecule has 1 N–H and O–H groups in total. The predicted molar refractivity (Wildman–Crippen MR) is 74.8 cm³/mol. The molecule has 106 valence electrons. The van der Waals surface area contributed by atoms with Crippen molar-refractivity contribution in [3.63, 3.8) is 0 Å². The summed E-state index contributed by atoms with van der Waals surface area (Å²) in [6, 6.07) is 0. The Hall–Kier alpha value is -0.870. The van der Waals surface area contributed by atoms with Crippen LogP contribution < -0.4 is 0 Å². The first-order valence-corrected chi connectivity index (χ1v) is 7.31. The fourth-order valence-corrected chi connectivity index (χ4v) is 3.84. The molecular formula is C15H25N3O. The van der Waals surface area contributed by atoms with Crippen molar-refractivity contribution in [2.45, 2.75) is 40.8 Å². The molecule has 1 aromatic rings. The summed E-state index contributed by atoms with van der Waals surface area (Å²) in [5, 5.41) is 13.6. The Morgan fingerprint density at radius 2 is 1.89 bits per heavy atom. The van der Waals surface area contributed by atoms with Gasteiger partial charge in [-0.3, -0.25) is 9.58 Å². The van der Waals surface area contributed by atoms with Crippen molar-refractivity contribution >= 4 is 0 Å². The summed E-state index contributed by atoms with van der Waals surface area (Å²) in [5.74, 6) is 1.81. The molecule has 1 aromatic heterocycles. The average Bonchev–Trinajstić information content (AvgIpc) is 2.73. The standard InChI is InChI=1S/C15H25N3O/c1-10-12(11(2)18(16-10)5-6-19)7-17-8-13-14(9-17)15(13,3)4/h13-14,19H,5-9H2,1-4H3. The Morgan fingerprint density at radius 1 is 1.26 bits per heavy atom. The zero-order valence-corrected chi connectivity index (χ0v) is 12.5. The minimum atomic E-state index is 0.156. The maximum absolute atomic E-state index is 9.06. The number of aliphatic hydroxyl groups excluding tert-OH is 1. The number of aliphatic hydroxyl groups is 1.